The van der Waals surface area contributed by atoms with Crippen molar-refractivity contribution in [3.05, 3.63) is 76.9 Å². The van der Waals surface area contributed by atoms with Crippen molar-refractivity contribution >= 4 is 33.8 Å². The SMILES string of the molecule is Cc1ccc(C(=O)NCC(=O)Nc2ccc(-c3cn4ccsc4n3)cc2)cc1C. The Kier molecular flexibility index (Phi) is 5.14. The number of benzene rings is 2. The van der Waals surface area contributed by atoms with Crippen molar-refractivity contribution in [3.8, 4) is 11.3 Å². The minimum atomic E-state index is -0.280. The molecule has 146 valence electrons. The Morgan fingerprint density at radius 1 is 1.07 bits per heavy atom. The van der Waals surface area contributed by atoms with Crippen molar-refractivity contribution in [3.63, 3.8) is 0 Å². The van der Waals surface area contributed by atoms with Crippen LogP contribution in [0.5, 0.6) is 0 Å². The fraction of sp³-hybridized carbons (Fsp3) is 0.136. The summed E-state index contributed by atoms with van der Waals surface area (Å²) in [6.07, 6.45) is 3.94. The van der Waals surface area contributed by atoms with Crippen LogP contribution in [0.1, 0.15) is 21.5 Å². The van der Waals surface area contributed by atoms with Crippen LogP contribution in [0.3, 0.4) is 0 Å². The third kappa shape index (κ3) is 4.20. The summed E-state index contributed by atoms with van der Waals surface area (Å²) < 4.78 is 1.98. The third-order valence-corrected chi connectivity index (χ3v) is 5.51. The van der Waals surface area contributed by atoms with Gasteiger partial charge in [-0.2, -0.15) is 0 Å². The number of nitrogens with one attached hydrogen (secondary N) is 2. The molecular formula is C22H20N4O2S. The van der Waals surface area contributed by atoms with Gasteiger partial charge in [0.15, 0.2) is 4.96 Å². The molecule has 0 saturated carbocycles. The van der Waals surface area contributed by atoms with Gasteiger partial charge in [0, 0.05) is 34.6 Å². The monoisotopic (exact) mass is 404 g/mol. The van der Waals surface area contributed by atoms with E-state index in [4.69, 9.17) is 0 Å². The number of imidazole rings is 1. The topological polar surface area (TPSA) is 75.5 Å². The number of hydrogen-bond acceptors (Lipinski definition) is 4. The average molecular weight is 404 g/mol. The molecule has 0 spiro atoms. The zero-order valence-corrected chi connectivity index (χ0v) is 16.9. The highest BCUT2D eigenvalue weighted by atomic mass is 32.1. The van der Waals surface area contributed by atoms with Crippen LogP contribution in [0, 0.1) is 13.8 Å². The van der Waals surface area contributed by atoms with Gasteiger partial charge in [0.1, 0.15) is 0 Å². The van der Waals surface area contributed by atoms with Crippen LogP contribution in [0.15, 0.2) is 60.2 Å². The Labute approximate surface area is 172 Å². The molecule has 0 bridgehead atoms. The molecule has 2 amide bonds. The van der Waals surface area contributed by atoms with Gasteiger partial charge in [-0.25, -0.2) is 4.98 Å². The largest absolute Gasteiger partial charge is 0.343 e. The van der Waals surface area contributed by atoms with Gasteiger partial charge in [-0.05, 0) is 49.2 Å². The van der Waals surface area contributed by atoms with Gasteiger partial charge in [-0.3, -0.25) is 14.0 Å². The molecule has 0 atom stereocenters. The second-order valence-electron chi connectivity index (χ2n) is 6.83. The number of anilines is 1. The molecule has 2 aromatic heterocycles. The first-order valence-electron chi connectivity index (χ1n) is 9.17. The minimum absolute atomic E-state index is 0.0924. The normalized spacial score (nSPS) is 10.8. The molecular weight excluding hydrogens is 384 g/mol. The van der Waals surface area contributed by atoms with Gasteiger partial charge in [-0.1, -0.05) is 18.2 Å². The quantitative estimate of drug-likeness (QED) is 0.527. The fourth-order valence-electron chi connectivity index (χ4n) is 2.94. The lowest BCUT2D eigenvalue weighted by Gasteiger charge is -2.08. The number of rotatable bonds is 5. The van der Waals surface area contributed by atoms with Crippen molar-refractivity contribution in [2.24, 2.45) is 0 Å². The van der Waals surface area contributed by atoms with Crippen LogP contribution in [0.4, 0.5) is 5.69 Å². The molecule has 4 rings (SSSR count). The summed E-state index contributed by atoms with van der Waals surface area (Å²) in [6, 6.07) is 13.0. The van der Waals surface area contributed by atoms with Gasteiger partial charge in [0.25, 0.3) is 5.91 Å². The maximum absolute atomic E-state index is 12.2. The lowest BCUT2D eigenvalue weighted by atomic mass is 10.1. The molecule has 6 nitrogen and oxygen atoms in total. The van der Waals surface area contributed by atoms with Crippen LogP contribution < -0.4 is 10.6 Å². The Morgan fingerprint density at radius 3 is 2.59 bits per heavy atom. The zero-order chi connectivity index (χ0) is 20.4. The van der Waals surface area contributed by atoms with Crippen LogP contribution >= 0.6 is 11.3 Å². The first-order valence-corrected chi connectivity index (χ1v) is 10.1. The van der Waals surface area contributed by atoms with E-state index in [1.807, 2.05) is 72.4 Å². The first-order chi connectivity index (χ1) is 14.0. The maximum atomic E-state index is 12.2. The first kappa shape index (κ1) is 18.9. The van der Waals surface area contributed by atoms with Crippen molar-refractivity contribution < 1.29 is 9.59 Å². The molecule has 0 saturated heterocycles. The van der Waals surface area contributed by atoms with Gasteiger partial charge in [-0.15, -0.1) is 11.3 Å². The number of aryl methyl sites for hydroxylation is 2. The molecule has 29 heavy (non-hydrogen) atoms. The molecule has 0 aliphatic carbocycles. The van der Waals surface area contributed by atoms with E-state index in [1.165, 1.54) is 0 Å². The van der Waals surface area contributed by atoms with E-state index in [1.54, 1.807) is 17.4 Å². The van der Waals surface area contributed by atoms with Crippen molar-refractivity contribution in [1.82, 2.24) is 14.7 Å². The van der Waals surface area contributed by atoms with E-state index in [0.717, 1.165) is 27.3 Å². The van der Waals surface area contributed by atoms with E-state index < -0.39 is 0 Å². The number of thiazole rings is 1. The zero-order valence-electron chi connectivity index (χ0n) is 16.1. The van der Waals surface area contributed by atoms with Crippen molar-refractivity contribution in [2.75, 3.05) is 11.9 Å². The molecule has 0 radical (unpaired) electrons. The molecule has 0 aliphatic heterocycles. The van der Waals surface area contributed by atoms with Gasteiger partial charge >= 0.3 is 0 Å². The van der Waals surface area contributed by atoms with Gasteiger partial charge < -0.3 is 10.6 Å². The summed E-state index contributed by atoms with van der Waals surface area (Å²) in [5.41, 5.74) is 5.24. The Morgan fingerprint density at radius 2 is 1.86 bits per heavy atom. The number of hydrogen-bond donors (Lipinski definition) is 2. The number of carbonyl (C=O) groups excluding carboxylic acids is 2. The highest BCUT2D eigenvalue weighted by Crippen LogP contribution is 2.23. The van der Waals surface area contributed by atoms with Gasteiger partial charge in [0.05, 0.1) is 12.2 Å². The Bertz CT molecular complexity index is 1160. The maximum Gasteiger partial charge on any atom is 0.251 e. The highest BCUT2D eigenvalue weighted by Gasteiger charge is 2.10. The molecule has 0 unspecified atom stereocenters. The van der Waals surface area contributed by atoms with E-state index in [-0.39, 0.29) is 18.4 Å². The van der Waals surface area contributed by atoms with Crippen LogP contribution in [-0.2, 0) is 4.79 Å². The van der Waals surface area contributed by atoms with Gasteiger partial charge in [0.2, 0.25) is 5.91 Å². The highest BCUT2D eigenvalue weighted by molar-refractivity contribution is 7.15. The molecule has 4 aromatic rings. The number of nitrogens with zero attached hydrogens (tertiary/aromatic N) is 2. The Balaban J connectivity index is 1.34. The molecule has 2 N–H and O–H groups in total. The molecule has 0 fully saturated rings. The summed E-state index contributed by atoms with van der Waals surface area (Å²) in [7, 11) is 0. The fourth-order valence-corrected chi connectivity index (χ4v) is 3.64. The number of amides is 2. The smallest absolute Gasteiger partial charge is 0.251 e. The summed E-state index contributed by atoms with van der Waals surface area (Å²) in [6.45, 7) is 3.85. The second-order valence-corrected chi connectivity index (χ2v) is 7.70. The average Bonchev–Trinajstić information content (AvgIpc) is 3.31. The molecule has 2 heterocycles. The number of aromatic nitrogens is 2. The lowest BCUT2D eigenvalue weighted by molar-refractivity contribution is -0.115. The third-order valence-electron chi connectivity index (χ3n) is 4.74. The molecule has 7 heteroatoms. The Hall–Kier alpha value is -3.45. The summed E-state index contributed by atoms with van der Waals surface area (Å²) >= 11 is 1.58. The van der Waals surface area contributed by atoms with E-state index in [2.05, 4.69) is 15.6 Å². The summed E-state index contributed by atoms with van der Waals surface area (Å²) in [5.74, 6) is -0.546. The summed E-state index contributed by atoms with van der Waals surface area (Å²) in [4.78, 5) is 29.9. The van der Waals surface area contributed by atoms with Crippen LogP contribution in [-0.4, -0.2) is 27.7 Å². The van der Waals surface area contributed by atoms with Crippen molar-refractivity contribution in [2.45, 2.75) is 13.8 Å². The van der Waals surface area contributed by atoms with Crippen LogP contribution in [0.2, 0.25) is 0 Å². The lowest BCUT2D eigenvalue weighted by Crippen LogP contribution is -2.32. The minimum Gasteiger partial charge on any atom is -0.343 e. The predicted molar refractivity (Wildman–Crippen MR) is 115 cm³/mol. The second kappa shape index (κ2) is 7.89. The predicted octanol–water partition coefficient (Wildman–Crippen LogP) is 4.05. The molecule has 0 aliphatic rings. The number of carbonyl (C=O) groups is 2. The standard InChI is InChI=1S/C22H20N4O2S/c1-14-3-4-17(11-15(14)2)21(28)23-12-20(27)24-18-7-5-16(6-8-18)19-13-26-9-10-29-22(26)25-19/h3-11,13H,12H2,1-2H3,(H,23,28)(H,24,27). The van der Waals surface area contributed by atoms with Crippen LogP contribution in [0.25, 0.3) is 16.2 Å². The van der Waals surface area contributed by atoms with E-state index in [9.17, 15) is 9.59 Å². The van der Waals surface area contributed by atoms with E-state index in [0.29, 0.717) is 11.3 Å². The van der Waals surface area contributed by atoms with E-state index >= 15 is 0 Å². The number of fused-ring (bicyclic) bond motifs is 1. The molecule has 2 aromatic carbocycles. The van der Waals surface area contributed by atoms with Crippen molar-refractivity contribution in [1.29, 1.82) is 0 Å². The summed E-state index contributed by atoms with van der Waals surface area (Å²) in [5, 5.41) is 7.43.